The van der Waals surface area contributed by atoms with Crippen molar-refractivity contribution in [3.05, 3.63) is 36.1 Å². The molecule has 1 aromatic heterocycles. The molecule has 1 heterocycles. The summed E-state index contributed by atoms with van der Waals surface area (Å²) in [6, 6.07) is 8.62. The molecule has 1 aliphatic carbocycles. The van der Waals surface area contributed by atoms with Gasteiger partial charge in [0.25, 0.3) is 0 Å². The summed E-state index contributed by atoms with van der Waals surface area (Å²) in [6.07, 6.45) is 5.73. The van der Waals surface area contributed by atoms with Gasteiger partial charge in [0.15, 0.2) is 0 Å². The Labute approximate surface area is 97.6 Å². The van der Waals surface area contributed by atoms with Gasteiger partial charge < -0.3 is 4.42 Å². The lowest BCUT2D eigenvalue weighted by molar-refractivity contribution is 0.281. The molecule has 0 spiro atoms. The highest BCUT2D eigenvalue weighted by molar-refractivity contribution is 9.09. The Hall–Kier alpha value is -0.760. The molecule has 15 heavy (non-hydrogen) atoms. The third-order valence-corrected chi connectivity index (χ3v) is 4.70. The minimum atomic E-state index is 0.394. The number of benzene rings is 1. The molecule has 0 N–H and O–H groups in total. The first-order chi connectivity index (χ1) is 7.34. The van der Waals surface area contributed by atoms with Crippen molar-refractivity contribution in [1.29, 1.82) is 0 Å². The molecule has 2 aromatic rings. The maximum absolute atomic E-state index is 5.36. The van der Waals surface area contributed by atoms with Gasteiger partial charge in [-0.2, -0.15) is 0 Å². The number of hydrogen-bond donors (Lipinski definition) is 0. The highest BCUT2D eigenvalue weighted by atomic mass is 79.9. The van der Waals surface area contributed by atoms with E-state index < -0.39 is 0 Å². The van der Waals surface area contributed by atoms with Crippen molar-refractivity contribution in [2.45, 2.75) is 24.7 Å². The van der Waals surface area contributed by atoms with E-state index >= 15 is 0 Å². The smallest absolute Gasteiger partial charge is 0.133 e. The molecule has 1 saturated carbocycles. The van der Waals surface area contributed by atoms with E-state index in [9.17, 15) is 0 Å². The minimum Gasteiger partial charge on any atom is -0.464 e. The van der Waals surface area contributed by atoms with E-state index in [0.29, 0.717) is 5.41 Å². The molecule has 0 saturated heterocycles. The highest BCUT2D eigenvalue weighted by Crippen LogP contribution is 2.45. The van der Waals surface area contributed by atoms with E-state index in [0.717, 1.165) is 10.9 Å². The van der Waals surface area contributed by atoms with E-state index in [-0.39, 0.29) is 0 Å². The molecular formula is C13H13BrO. The normalized spacial score (nSPS) is 19.0. The van der Waals surface area contributed by atoms with Gasteiger partial charge >= 0.3 is 0 Å². The average molecular weight is 265 g/mol. The van der Waals surface area contributed by atoms with Crippen molar-refractivity contribution in [1.82, 2.24) is 0 Å². The molecule has 0 atom stereocenters. The summed E-state index contributed by atoms with van der Waals surface area (Å²) < 4.78 is 5.36. The topological polar surface area (TPSA) is 13.1 Å². The summed E-state index contributed by atoms with van der Waals surface area (Å²) in [4.78, 5) is 0. The molecule has 0 amide bonds. The molecule has 78 valence electrons. The van der Waals surface area contributed by atoms with Crippen LogP contribution in [0.25, 0.3) is 11.0 Å². The third-order valence-electron chi connectivity index (χ3n) is 3.63. The van der Waals surface area contributed by atoms with Crippen molar-refractivity contribution in [3.63, 3.8) is 0 Å². The number of fused-ring (bicyclic) bond motifs is 1. The van der Waals surface area contributed by atoms with Gasteiger partial charge in [-0.3, -0.25) is 0 Å². The van der Waals surface area contributed by atoms with Crippen molar-refractivity contribution < 1.29 is 4.42 Å². The van der Waals surface area contributed by atoms with Gasteiger partial charge in [0.05, 0.1) is 6.26 Å². The molecule has 0 unspecified atom stereocenters. The fraction of sp³-hybridized carbons (Fsp3) is 0.385. The summed E-state index contributed by atoms with van der Waals surface area (Å²) >= 11 is 3.65. The highest BCUT2D eigenvalue weighted by Gasteiger charge is 2.37. The molecule has 1 nitrogen and oxygen atoms in total. The van der Waals surface area contributed by atoms with Gasteiger partial charge in [0, 0.05) is 16.1 Å². The van der Waals surface area contributed by atoms with Crippen LogP contribution in [0.15, 0.2) is 34.9 Å². The number of rotatable bonds is 2. The Morgan fingerprint density at radius 1 is 1.27 bits per heavy atom. The average Bonchev–Trinajstić information content (AvgIpc) is 2.64. The van der Waals surface area contributed by atoms with Crippen LogP contribution < -0.4 is 0 Å². The van der Waals surface area contributed by atoms with Crippen LogP contribution in [0, 0.1) is 0 Å². The van der Waals surface area contributed by atoms with Gasteiger partial charge in [0.1, 0.15) is 5.58 Å². The first kappa shape index (κ1) is 9.46. The van der Waals surface area contributed by atoms with Crippen LogP contribution >= 0.6 is 15.9 Å². The van der Waals surface area contributed by atoms with E-state index in [4.69, 9.17) is 4.42 Å². The fourth-order valence-corrected chi connectivity index (χ4v) is 3.28. The molecule has 0 aliphatic heterocycles. The molecule has 0 bridgehead atoms. The zero-order valence-electron chi connectivity index (χ0n) is 8.50. The first-order valence-corrected chi connectivity index (χ1v) is 6.50. The van der Waals surface area contributed by atoms with Crippen LogP contribution in [0.5, 0.6) is 0 Å². The second-order valence-electron chi connectivity index (χ2n) is 4.44. The predicted octanol–water partition coefficient (Wildman–Crippen LogP) is 4.25. The van der Waals surface area contributed by atoms with Gasteiger partial charge in [-0.15, -0.1) is 0 Å². The summed E-state index contributed by atoms with van der Waals surface area (Å²) in [5.74, 6) is 0. The van der Waals surface area contributed by atoms with Crippen LogP contribution in [0.4, 0.5) is 0 Å². The predicted molar refractivity (Wildman–Crippen MR) is 65.5 cm³/mol. The SMILES string of the molecule is BrCC1(c2ccc3occc3c2)CCC1. The van der Waals surface area contributed by atoms with E-state index in [1.807, 2.05) is 6.07 Å². The number of hydrogen-bond acceptors (Lipinski definition) is 1. The van der Waals surface area contributed by atoms with E-state index in [1.54, 1.807) is 6.26 Å². The second kappa shape index (κ2) is 3.38. The second-order valence-corrected chi connectivity index (χ2v) is 5.00. The molecule has 0 radical (unpaired) electrons. The summed E-state index contributed by atoms with van der Waals surface area (Å²) in [7, 11) is 0. The lowest BCUT2D eigenvalue weighted by Gasteiger charge is -2.41. The Kier molecular flexibility index (Phi) is 2.13. The summed E-state index contributed by atoms with van der Waals surface area (Å²) in [5, 5.41) is 2.29. The Morgan fingerprint density at radius 2 is 2.13 bits per heavy atom. The largest absolute Gasteiger partial charge is 0.464 e. The number of halogens is 1. The molecule has 3 rings (SSSR count). The Balaban J connectivity index is 2.10. The van der Waals surface area contributed by atoms with Crippen LogP contribution in [0.1, 0.15) is 24.8 Å². The van der Waals surface area contributed by atoms with Gasteiger partial charge in [0.2, 0.25) is 0 Å². The molecule has 1 aromatic carbocycles. The van der Waals surface area contributed by atoms with Crippen LogP contribution in [0.3, 0.4) is 0 Å². The molecule has 1 aliphatic rings. The van der Waals surface area contributed by atoms with Gasteiger partial charge in [-0.25, -0.2) is 0 Å². The minimum absolute atomic E-state index is 0.394. The molecular weight excluding hydrogens is 252 g/mol. The monoisotopic (exact) mass is 264 g/mol. The maximum atomic E-state index is 5.36. The standard InChI is InChI=1S/C13H13BrO/c14-9-13(5-1-6-13)11-2-3-12-10(8-11)4-7-15-12/h2-4,7-8H,1,5-6,9H2. The van der Waals surface area contributed by atoms with E-state index in [2.05, 4.69) is 34.1 Å². The molecule has 2 heteroatoms. The van der Waals surface area contributed by atoms with Crippen molar-refractivity contribution >= 4 is 26.9 Å². The maximum Gasteiger partial charge on any atom is 0.133 e. The Bertz CT molecular complexity index is 476. The zero-order valence-corrected chi connectivity index (χ0v) is 10.1. The zero-order chi connectivity index (χ0) is 10.3. The van der Waals surface area contributed by atoms with Crippen molar-refractivity contribution in [3.8, 4) is 0 Å². The summed E-state index contributed by atoms with van der Waals surface area (Å²) in [6.45, 7) is 0. The van der Waals surface area contributed by atoms with Crippen molar-refractivity contribution in [2.75, 3.05) is 5.33 Å². The number of furan rings is 1. The van der Waals surface area contributed by atoms with Crippen molar-refractivity contribution in [2.24, 2.45) is 0 Å². The van der Waals surface area contributed by atoms with Crippen LogP contribution in [-0.2, 0) is 5.41 Å². The lowest BCUT2D eigenvalue weighted by Crippen LogP contribution is -2.35. The third kappa shape index (κ3) is 1.35. The van der Waals surface area contributed by atoms with Crippen LogP contribution in [-0.4, -0.2) is 5.33 Å². The quantitative estimate of drug-likeness (QED) is 0.740. The van der Waals surface area contributed by atoms with Crippen LogP contribution in [0.2, 0.25) is 0 Å². The Morgan fingerprint density at radius 3 is 2.80 bits per heavy atom. The lowest BCUT2D eigenvalue weighted by atomic mass is 9.66. The first-order valence-electron chi connectivity index (χ1n) is 5.38. The summed E-state index contributed by atoms with van der Waals surface area (Å²) in [5.41, 5.74) is 2.84. The van der Waals surface area contributed by atoms with E-state index in [1.165, 1.54) is 30.2 Å². The molecule has 1 fully saturated rings. The van der Waals surface area contributed by atoms with Gasteiger partial charge in [-0.05, 0) is 36.6 Å². The van der Waals surface area contributed by atoms with Gasteiger partial charge in [-0.1, -0.05) is 28.4 Å². The fourth-order valence-electron chi connectivity index (χ4n) is 2.40. The number of alkyl halides is 1.